The van der Waals surface area contributed by atoms with Gasteiger partial charge in [-0.25, -0.2) is 8.42 Å². The molecule has 1 saturated heterocycles. The lowest BCUT2D eigenvalue weighted by Crippen LogP contribution is -2.14. The summed E-state index contributed by atoms with van der Waals surface area (Å²) >= 11 is 1.19. The van der Waals surface area contributed by atoms with E-state index >= 15 is 0 Å². The average molecular weight is 318 g/mol. The number of aromatic nitrogens is 2. The first-order valence-corrected chi connectivity index (χ1v) is 9.35. The van der Waals surface area contributed by atoms with Crippen LogP contribution in [-0.4, -0.2) is 46.5 Å². The molecule has 0 saturated carbocycles. The van der Waals surface area contributed by atoms with Crippen LogP contribution in [0, 0.1) is 0 Å². The van der Waals surface area contributed by atoms with E-state index in [9.17, 15) is 13.2 Å². The van der Waals surface area contributed by atoms with Gasteiger partial charge in [-0.2, -0.15) is 5.10 Å². The van der Waals surface area contributed by atoms with Crippen molar-refractivity contribution in [2.75, 3.05) is 17.3 Å². The quantitative estimate of drug-likeness (QED) is 0.797. The first-order chi connectivity index (χ1) is 9.41. The van der Waals surface area contributed by atoms with Crippen LogP contribution >= 0.6 is 11.8 Å². The van der Waals surface area contributed by atoms with Crippen molar-refractivity contribution in [1.82, 2.24) is 9.78 Å². The number of rotatable bonds is 6. The van der Waals surface area contributed by atoms with E-state index in [2.05, 4.69) is 5.10 Å². The lowest BCUT2D eigenvalue weighted by Gasteiger charge is -2.12. The van der Waals surface area contributed by atoms with Crippen LogP contribution in [0.4, 0.5) is 0 Å². The summed E-state index contributed by atoms with van der Waals surface area (Å²) < 4.78 is 24.9. The van der Waals surface area contributed by atoms with Crippen LogP contribution < -0.4 is 0 Å². The van der Waals surface area contributed by atoms with Gasteiger partial charge in [-0.15, -0.1) is 0 Å². The third-order valence-corrected chi connectivity index (χ3v) is 5.90. The molecule has 1 atom stereocenters. The molecule has 0 bridgehead atoms. The Labute approximate surface area is 122 Å². The monoisotopic (exact) mass is 318 g/mol. The number of hydrogen-bond donors (Lipinski definition) is 1. The number of thioether (sulfide) groups is 1. The molecule has 1 fully saturated rings. The minimum atomic E-state index is -2.98. The van der Waals surface area contributed by atoms with Gasteiger partial charge in [-0.05, 0) is 18.9 Å². The second kappa shape index (κ2) is 6.17. The summed E-state index contributed by atoms with van der Waals surface area (Å²) in [6.07, 6.45) is 2.31. The number of sulfone groups is 1. The fraction of sp³-hybridized carbons (Fsp3) is 0.667. The van der Waals surface area contributed by atoms with E-state index in [1.165, 1.54) is 11.8 Å². The van der Waals surface area contributed by atoms with Gasteiger partial charge in [0.05, 0.1) is 34.0 Å². The molecule has 8 heteroatoms. The molecule has 0 aliphatic carbocycles. The number of carbonyl (C=O) groups is 1. The van der Waals surface area contributed by atoms with Crippen LogP contribution in [0.25, 0.3) is 0 Å². The SMILES string of the molecule is CCCc1cc(SCC(=O)O)n(C2CCS(=O)(=O)C2)n1. The van der Waals surface area contributed by atoms with E-state index in [-0.39, 0.29) is 23.3 Å². The van der Waals surface area contributed by atoms with Gasteiger partial charge in [-0.1, -0.05) is 25.1 Å². The molecular formula is C12H18N2O4S2. The van der Waals surface area contributed by atoms with Crippen molar-refractivity contribution in [2.45, 2.75) is 37.3 Å². The summed E-state index contributed by atoms with van der Waals surface area (Å²) in [5, 5.41) is 14.0. The molecule has 1 aromatic heterocycles. The van der Waals surface area contributed by atoms with Crippen LogP contribution in [0.5, 0.6) is 0 Å². The number of hydrogen-bond acceptors (Lipinski definition) is 5. The first-order valence-electron chi connectivity index (χ1n) is 6.54. The van der Waals surface area contributed by atoms with Crippen LogP contribution in [0.15, 0.2) is 11.1 Å². The van der Waals surface area contributed by atoms with Crippen LogP contribution in [0.2, 0.25) is 0 Å². The normalized spacial score (nSPS) is 21.1. The average Bonchev–Trinajstić information content (AvgIpc) is 2.90. The van der Waals surface area contributed by atoms with E-state index in [0.717, 1.165) is 23.6 Å². The van der Waals surface area contributed by atoms with Crippen LogP contribution in [0.1, 0.15) is 31.5 Å². The highest BCUT2D eigenvalue weighted by atomic mass is 32.2. The number of carboxylic acids is 1. The molecule has 1 aliphatic heterocycles. The van der Waals surface area contributed by atoms with Gasteiger partial charge >= 0.3 is 5.97 Å². The zero-order valence-electron chi connectivity index (χ0n) is 11.3. The van der Waals surface area contributed by atoms with Gasteiger partial charge in [0, 0.05) is 0 Å². The summed E-state index contributed by atoms with van der Waals surface area (Å²) in [6.45, 7) is 2.04. The molecule has 1 N–H and O–H groups in total. The Kier molecular flexibility index (Phi) is 4.74. The van der Waals surface area contributed by atoms with Crippen molar-refractivity contribution in [2.24, 2.45) is 0 Å². The summed E-state index contributed by atoms with van der Waals surface area (Å²) in [5.41, 5.74) is 0.893. The molecule has 0 amide bonds. The Balaban J connectivity index is 2.22. The van der Waals surface area contributed by atoms with Gasteiger partial charge in [-0.3, -0.25) is 9.48 Å². The first kappa shape index (κ1) is 15.4. The number of aliphatic carboxylic acids is 1. The van der Waals surface area contributed by atoms with Gasteiger partial charge in [0.2, 0.25) is 0 Å². The Hall–Kier alpha value is -1.02. The highest BCUT2D eigenvalue weighted by Crippen LogP contribution is 2.29. The molecule has 0 radical (unpaired) electrons. The van der Waals surface area contributed by atoms with E-state index in [1.54, 1.807) is 4.68 Å². The highest BCUT2D eigenvalue weighted by Gasteiger charge is 2.31. The van der Waals surface area contributed by atoms with E-state index in [1.807, 2.05) is 13.0 Å². The molecule has 6 nitrogen and oxygen atoms in total. The van der Waals surface area contributed by atoms with Crippen molar-refractivity contribution < 1.29 is 18.3 Å². The molecule has 2 heterocycles. The third kappa shape index (κ3) is 3.76. The maximum atomic E-state index is 11.6. The minimum Gasteiger partial charge on any atom is -0.481 e. The zero-order chi connectivity index (χ0) is 14.8. The second-order valence-corrected chi connectivity index (χ2v) is 8.13. The molecule has 1 unspecified atom stereocenters. The molecule has 20 heavy (non-hydrogen) atoms. The topological polar surface area (TPSA) is 89.3 Å². The molecule has 112 valence electrons. The maximum absolute atomic E-state index is 11.6. The molecule has 1 aliphatic rings. The summed E-state index contributed by atoms with van der Waals surface area (Å²) in [4.78, 5) is 10.7. The Morgan fingerprint density at radius 1 is 1.60 bits per heavy atom. The number of aryl methyl sites for hydroxylation is 1. The maximum Gasteiger partial charge on any atom is 0.313 e. The Morgan fingerprint density at radius 3 is 2.90 bits per heavy atom. The number of nitrogens with zero attached hydrogens (tertiary/aromatic N) is 2. The largest absolute Gasteiger partial charge is 0.481 e. The van der Waals surface area contributed by atoms with E-state index < -0.39 is 15.8 Å². The van der Waals surface area contributed by atoms with Gasteiger partial charge in [0.15, 0.2) is 9.84 Å². The molecule has 2 rings (SSSR count). The minimum absolute atomic E-state index is 0.0449. The third-order valence-electron chi connectivity index (χ3n) is 3.16. The lowest BCUT2D eigenvalue weighted by molar-refractivity contribution is -0.133. The fourth-order valence-electron chi connectivity index (χ4n) is 2.28. The summed E-state index contributed by atoms with van der Waals surface area (Å²) in [5.74, 6) is -0.653. The number of carboxylic acid groups (broad SMARTS) is 1. The Bertz CT molecular complexity index is 595. The highest BCUT2D eigenvalue weighted by molar-refractivity contribution is 7.99. The predicted molar refractivity (Wildman–Crippen MR) is 76.9 cm³/mol. The van der Waals surface area contributed by atoms with Crippen LogP contribution in [0.3, 0.4) is 0 Å². The van der Waals surface area contributed by atoms with Gasteiger partial charge < -0.3 is 5.11 Å². The molecule has 0 aromatic carbocycles. The van der Waals surface area contributed by atoms with Crippen molar-refractivity contribution >= 4 is 27.6 Å². The van der Waals surface area contributed by atoms with E-state index in [4.69, 9.17) is 5.11 Å². The smallest absolute Gasteiger partial charge is 0.313 e. The Morgan fingerprint density at radius 2 is 2.35 bits per heavy atom. The summed E-state index contributed by atoms with van der Waals surface area (Å²) in [6, 6.07) is 1.71. The van der Waals surface area contributed by atoms with Crippen molar-refractivity contribution in [1.29, 1.82) is 0 Å². The lowest BCUT2D eigenvalue weighted by atomic mass is 10.3. The standard InChI is InChI=1S/C12H18N2O4S2/c1-2-3-9-6-11(19-7-12(15)16)14(13-9)10-4-5-20(17,18)8-10/h6,10H,2-5,7-8H2,1H3,(H,15,16). The second-order valence-electron chi connectivity index (χ2n) is 4.91. The van der Waals surface area contributed by atoms with Crippen molar-refractivity contribution in [3.63, 3.8) is 0 Å². The molecule has 1 aromatic rings. The van der Waals surface area contributed by atoms with Gasteiger partial charge in [0.1, 0.15) is 0 Å². The fourth-order valence-corrected chi connectivity index (χ4v) is 4.78. The predicted octanol–water partition coefficient (Wildman–Crippen LogP) is 1.37. The van der Waals surface area contributed by atoms with Crippen molar-refractivity contribution in [3.05, 3.63) is 11.8 Å². The van der Waals surface area contributed by atoms with Crippen molar-refractivity contribution in [3.8, 4) is 0 Å². The zero-order valence-corrected chi connectivity index (χ0v) is 12.9. The molecular weight excluding hydrogens is 300 g/mol. The van der Waals surface area contributed by atoms with E-state index in [0.29, 0.717) is 6.42 Å². The molecule has 0 spiro atoms. The summed E-state index contributed by atoms with van der Waals surface area (Å²) in [7, 11) is -2.98. The van der Waals surface area contributed by atoms with Gasteiger partial charge in [0.25, 0.3) is 0 Å². The van der Waals surface area contributed by atoms with Crippen LogP contribution in [-0.2, 0) is 21.1 Å².